The summed E-state index contributed by atoms with van der Waals surface area (Å²) in [6.07, 6.45) is 5.34. The average molecular weight is 394 g/mol. The molecule has 1 heterocycles. The van der Waals surface area contributed by atoms with Crippen LogP contribution in [0.5, 0.6) is 11.5 Å². The molecular weight excluding hydrogens is 363 g/mol. The van der Waals surface area contributed by atoms with Gasteiger partial charge < -0.3 is 25.3 Å². The van der Waals surface area contributed by atoms with Crippen LogP contribution in [0.4, 0.5) is 0 Å². The number of carbonyl (C=O) groups excluding carboxylic acids is 2. The van der Waals surface area contributed by atoms with Crippen LogP contribution in [0.2, 0.25) is 6.32 Å². The van der Waals surface area contributed by atoms with Crippen LogP contribution in [0.3, 0.4) is 0 Å². The van der Waals surface area contributed by atoms with Gasteiger partial charge in [-0.15, -0.1) is 0 Å². The molecule has 4 N–H and O–H groups in total. The lowest BCUT2D eigenvalue weighted by Crippen LogP contribution is -2.34. The topological polar surface area (TPSA) is 122 Å². The van der Waals surface area contributed by atoms with E-state index in [0.29, 0.717) is 6.32 Å². The molecule has 1 aromatic carbocycles. The Morgan fingerprint density at radius 1 is 1.14 bits per heavy atom. The predicted octanol–water partition coefficient (Wildman–Crippen LogP) is 0.839. The lowest BCUT2D eigenvalue weighted by Gasteiger charge is -2.30. The van der Waals surface area contributed by atoms with E-state index in [-0.39, 0.29) is 12.2 Å². The Balaban J connectivity index is 0.00000122. The van der Waals surface area contributed by atoms with E-state index in [9.17, 15) is 0 Å². The molecule has 0 aromatic heterocycles. The number of unbranched alkanes of at least 4 members (excludes halogenated alkanes) is 1. The SMILES string of the molecule is COc1cc2c(cc1OC)CN(CCC(N)CCCCB(O)O)CC2.O=C=O. The van der Waals surface area contributed by atoms with E-state index in [4.69, 9.17) is 34.8 Å². The number of rotatable bonds is 10. The summed E-state index contributed by atoms with van der Waals surface area (Å²) in [5.74, 6) is 1.58. The van der Waals surface area contributed by atoms with Crippen LogP contribution in [0.15, 0.2) is 12.1 Å². The summed E-state index contributed by atoms with van der Waals surface area (Å²) in [7, 11) is 2.14. The smallest absolute Gasteiger partial charge is 0.451 e. The summed E-state index contributed by atoms with van der Waals surface area (Å²) >= 11 is 0. The molecule has 156 valence electrons. The van der Waals surface area contributed by atoms with E-state index >= 15 is 0 Å². The Hall–Kier alpha value is -1.90. The lowest BCUT2D eigenvalue weighted by atomic mass is 9.83. The monoisotopic (exact) mass is 394 g/mol. The van der Waals surface area contributed by atoms with E-state index in [0.717, 1.165) is 63.2 Å². The molecule has 8 nitrogen and oxygen atoms in total. The van der Waals surface area contributed by atoms with Crippen LogP contribution in [0.1, 0.15) is 36.8 Å². The highest BCUT2D eigenvalue weighted by atomic mass is 16.5. The van der Waals surface area contributed by atoms with E-state index in [1.54, 1.807) is 14.2 Å². The third kappa shape index (κ3) is 8.41. The molecule has 0 aliphatic carbocycles. The Labute approximate surface area is 166 Å². The zero-order valence-corrected chi connectivity index (χ0v) is 16.7. The summed E-state index contributed by atoms with van der Waals surface area (Å²) in [4.78, 5) is 18.7. The maximum absolute atomic E-state index is 8.84. The maximum atomic E-state index is 8.84. The molecule has 0 amide bonds. The van der Waals surface area contributed by atoms with E-state index in [1.165, 1.54) is 11.1 Å². The third-order valence-corrected chi connectivity index (χ3v) is 4.90. The summed E-state index contributed by atoms with van der Waals surface area (Å²) in [6, 6.07) is 4.34. The van der Waals surface area contributed by atoms with Gasteiger partial charge in [-0.2, -0.15) is 9.59 Å². The van der Waals surface area contributed by atoms with E-state index in [2.05, 4.69) is 17.0 Å². The van der Waals surface area contributed by atoms with Gasteiger partial charge in [0.15, 0.2) is 11.5 Å². The molecule has 2 rings (SSSR count). The van der Waals surface area contributed by atoms with Gasteiger partial charge in [0.1, 0.15) is 0 Å². The Bertz CT molecular complexity index is 623. The Kier molecular flexibility index (Phi) is 11.5. The second-order valence-corrected chi connectivity index (χ2v) is 6.90. The molecule has 0 spiro atoms. The van der Waals surface area contributed by atoms with Crippen molar-refractivity contribution in [1.29, 1.82) is 0 Å². The van der Waals surface area contributed by atoms with Gasteiger partial charge in [-0.05, 0) is 55.4 Å². The molecule has 1 unspecified atom stereocenters. The van der Waals surface area contributed by atoms with Gasteiger partial charge in [0.05, 0.1) is 14.2 Å². The number of nitrogens with zero attached hydrogens (tertiary/aromatic N) is 1. The van der Waals surface area contributed by atoms with Gasteiger partial charge in [-0.25, -0.2) is 0 Å². The summed E-state index contributed by atoms with van der Waals surface area (Å²) in [6.45, 7) is 2.93. The van der Waals surface area contributed by atoms with Crippen molar-refractivity contribution in [1.82, 2.24) is 4.90 Å². The molecule has 0 bridgehead atoms. The van der Waals surface area contributed by atoms with Crippen molar-refractivity contribution in [2.24, 2.45) is 5.73 Å². The largest absolute Gasteiger partial charge is 0.493 e. The lowest BCUT2D eigenvalue weighted by molar-refractivity contribution is -0.191. The molecule has 1 aliphatic rings. The van der Waals surface area contributed by atoms with Crippen molar-refractivity contribution >= 4 is 13.3 Å². The number of ether oxygens (including phenoxy) is 2. The van der Waals surface area contributed by atoms with Crippen molar-refractivity contribution < 1.29 is 29.1 Å². The number of fused-ring (bicyclic) bond motifs is 1. The second-order valence-electron chi connectivity index (χ2n) is 6.90. The molecule has 0 fully saturated rings. The van der Waals surface area contributed by atoms with Gasteiger partial charge in [0, 0.05) is 19.1 Å². The molecule has 1 atom stereocenters. The van der Waals surface area contributed by atoms with Gasteiger partial charge in [-0.3, -0.25) is 4.90 Å². The van der Waals surface area contributed by atoms with Crippen LogP contribution in [0, 0.1) is 0 Å². The van der Waals surface area contributed by atoms with Gasteiger partial charge >= 0.3 is 13.3 Å². The fraction of sp³-hybridized carbons (Fsp3) is 0.632. The number of hydrogen-bond acceptors (Lipinski definition) is 8. The van der Waals surface area contributed by atoms with Crippen LogP contribution >= 0.6 is 0 Å². The van der Waals surface area contributed by atoms with Gasteiger partial charge in [0.2, 0.25) is 0 Å². The quantitative estimate of drug-likeness (QED) is 0.394. The standard InChI is InChI=1S/C18H31BN2O4.CO2/c1-24-17-11-14-6-9-21(13-15(14)12-18(17)25-2)10-7-16(20)5-3-4-8-19(22)23;2-1-3/h11-12,16,22-23H,3-10,13,20H2,1-2H3;. The Morgan fingerprint density at radius 2 is 1.75 bits per heavy atom. The first-order valence-electron chi connectivity index (χ1n) is 9.52. The molecule has 0 radical (unpaired) electrons. The normalized spacial score (nSPS) is 14.2. The third-order valence-electron chi connectivity index (χ3n) is 4.90. The number of benzene rings is 1. The Morgan fingerprint density at radius 3 is 2.32 bits per heavy atom. The summed E-state index contributed by atoms with van der Waals surface area (Å²) in [5, 5.41) is 17.7. The molecule has 1 aliphatic heterocycles. The minimum atomic E-state index is -1.19. The van der Waals surface area contributed by atoms with Crippen LogP contribution in [-0.2, 0) is 22.6 Å². The minimum Gasteiger partial charge on any atom is -0.493 e. The predicted molar refractivity (Wildman–Crippen MR) is 105 cm³/mol. The van der Waals surface area contributed by atoms with E-state index < -0.39 is 7.12 Å². The van der Waals surface area contributed by atoms with Crippen molar-refractivity contribution in [2.75, 3.05) is 27.3 Å². The highest BCUT2D eigenvalue weighted by molar-refractivity contribution is 6.40. The van der Waals surface area contributed by atoms with Crippen molar-refractivity contribution in [2.45, 2.75) is 51.0 Å². The van der Waals surface area contributed by atoms with Gasteiger partial charge in [-0.1, -0.05) is 12.8 Å². The summed E-state index contributed by atoms with van der Waals surface area (Å²) < 4.78 is 10.8. The maximum Gasteiger partial charge on any atom is 0.451 e. The van der Waals surface area contributed by atoms with Crippen LogP contribution in [0.25, 0.3) is 0 Å². The zero-order valence-electron chi connectivity index (χ0n) is 16.7. The first kappa shape index (κ1) is 24.1. The molecule has 0 saturated carbocycles. The molecule has 9 heteroatoms. The van der Waals surface area contributed by atoms with Crippen molar-refractivity contribution in [3.8, 4) is 11.5 Å². The number of methoxy groups -OCH3 is 2. The number of hydrogen-bond donors (Lipinski definition) is 3. The minimum absolute atomic E-state index is 0.169. The first-order valence-corrected chi connectivity index (χ1v) is 9.52. The van der Waals surface area contributed by atoms with Crippen molar-refractivity contribution in [3.63, 3.8) is 0 Å². The first-order chi connectivity index (χ1) is 13.4. The number of nitrogens with two attached hydrogens (primary N) is 1. The average Bonchev–Trinajstić information content (AvgIpc) is 2.68. The summed E-state index contributed by atoms with van der Waals surface area (Å²) in [5.41, 5.74) is 8.83. The van der Waals surface area contributed by atoms with Crippen LogP contribution < -0.4 is 15.2 Å². The fourth-order valence-electron chi connectivity index (χ4n) is 3.36. The fourth-order valence-corrected chi connectivity index (χ4v) is 3.36. The zero-order chi connectivity index (χ0) is 20.9. The van der Waals surface area contributed by atoms with Crippen LogP contribution in [-0.4, -0.2) is 61.6 Å². The highest BCUT2D eigenvalue weighted by Gasteiger charge is 2.19. The molecular formula is C19H31BN2O6. The molecule has 0 saturated heterocycles. The van der Waals surface area contributed by atoms with Gasteiger partial charge in [0.25, 0.3) is 0 Å². The van der Waals surface area contributed by atoms with E-state index in [1.807, 2.05) is 0 Å². The second kappa shape index (κ2) is 13.3. The molecule has 28 heavy (non-hydrogen) atoms. The highest BCUT2D eigenvalue weighted by Crippen LogP contribution is 2.33. The van der Waals surface area contributed by atoms with Crippen molar-refractivity contribution in [3.05, 3.63) is 23.3 Å². The molecule has 1 aromatic rings.